The number of hydrogen-bond donors (Lipinski definition) is 1. The minimum atomic E-state index is -1.06. The summed E-state index contributed by atoms with van der Waals surface area (Å²) in [6.45, 7) is 5.75. The first-order chi connectivity index (χ1) is 11.0. The number of benzene rings is 1. The van der Waals surface area contributed by atoms with E-state index in [1.54, 1.807) is 25.9 Å². The molecular formula is C18H26N2O3. The second-order valence-corrected chi connectivity index (χ2v) is 6.47. The third-order valence-corrected chi connectivity index (χ3v) is 4.33. The normalized spacial score (nSPS) is 14.3. The van der Waals surface area contributed by atoms with Crippen LogP contribution in [0.4, 0.5) is 0 Å². The van der Waals surface area contributed by atoms with E-state index in [-0.39, 0.29) is 11.8 Å². The maximum Gasteiger partial charge on any atom is 0.238 e. The summed E-state index contributed by atoms with van der Waals surface area (Å²) in [4.78, 5) is 26.9. The third-order valence-electron chi connectivity index (χ3n) is 4.33. The number of amides is 2. The van der Waals surface area contributed by atoms with Crippen molar-refractivity contribution < 1.29 is 14.3 Å². The number of nitrogens with one attached hydrogen (secondary N) is 1. The zero-order valence-corrected chi connectivity index (χ0v) is 14.2. The van der Waals surface area contributed by atoms with Crippen LogP contribution in [0.5, 0.6) is 0 Å². The summed E-state index contributed by atoms with van der Waals surface area (Å²) in [5.41, 5.74) is 1.40. The van der Waals surface area contributed by atoms with Gasteiger partial charge in [0.2, 0.25) is 11.8 Å². The number of hydrogen-bond acceptors (Lipinski definition) is 3. The highest BCUT2D eigenvalue weighted by Gasteiger charge is 2.39. The van der Waals surface area contributed by atoms with E-state index in [1.807, 2.05) is 18.2 Å². The van der Waals surface area contributed by atoms with E-state index < -0.39 is 5.41 Å². The van der Waals surface area contributed by atoms with Crippen molar-refractivity contribution in [3.8, 4) is 0 Å². The van der Waals surface area contributed by atoms with Gasteiger partial charge >= 0.3 is 0 Å². The molecule has 0 bridgehead atoms. The smallest absolute Gasteiger partial charge is 0.238 e. The molecule has 0 aliphatic carbocycles. The van der Waals surface area contributed by atoms with Gasteiger partial charge in [0, 0.05) is 33.4 Å². The Morgan fingerprint density at radius 3 is 2.65 bits per heavy atom. The molecule has 1 aromatic rings. The molecule has 1 N–H and O–H groups in total. The Kier molecular flexibility index (Phi) is 5.77. The number of nitrogens with zero attached hydrogens (tertiary/aromatic N) is 1. The molecule has 1 heterocycles. The Morgan fingerprint density at radius 2 is 1.96 bits per heavy atom. The Morgan fingerprint density at radius 1 is 1.26 bits per heavy atom. The molecular weight excluding hydrogens is 292 g/mol. The summed E-state index contributed by atoms with van der Waals surface area (Å²) in [7, 11) is 1.63. The molecule has 23 heavy (non-hydrogen) atoms. The van der Waals surface area contributed by atoms with Crippen LogP contribution in [-0.2, 0) is 27.3 Å². The van der Waals surface area contributed by atoms with Crippen LogP contribution in [0.1, 0.15) is 31.4 Å². The predicted octanol–water partition coefficient (Wildman–Crippen LogP) is 1.75. The van der Waals surface area contributed by atoms with Crippen LogP contribution in [0, 0.1) is 5.41 Å². The van der Waals surface area contributed by atoms with E-state index in [1.165, 1.54) is 11.1 Å². The van der Waals surface area contributed by atoms with Gasteiger partial charge in [-0.05, 0) is 37.8 Å². The number of rotatable bonds is 6. The average Bonchev–Trinajstić information content (AvgIpc) is 2.57. The van der Waals surface area contributed by atoms with Crippen molar-refractivity contribution in [2.45, 2.75) is 33.2 Å². The first kappa shape index (κ1) is 17.5. The van der Waals surface area contributed by atoms with Crippen LogP contribution in [-0.4, -0.2) is 43.5 Å². The van der Waals surface area contributed by atoms with E-state index in [2.05, 4.69) is 11.4 Å². The van der Waals surface area contributed by atoms with E-state index >= 15 is 0 Å². The average molecular weight is 318 g/mol. The fourth-order valence-corrected chi connectivity index (χ4v) is 2.80. The van der Waals surface area contributed by atoms with Gasteiger partial charge in [0.1, 0.15) is 5.41 Å². The monoisotopic (exact) mass is 318 g/mol. The van der Waals surface area contributed by atoms with E-state index in [9.17, 15) is 9.59 Å². The number of methoxy groups -OCH3 is 1. The summed E-state index contributed by atoms with van der Waals surface area (Å²) in [5.74, 6) is -0.339. The highest BCUT2D eigenvalue weighted by molar-refractivity contribution is 6.04. The van der Waals surface area contributed by atoms with E-state index in [0.29, 0.717) is 26.2 Å². The Hall–Kier alpha value is -1.88. The van der Waals surface area contributed by atoms with Gasteiger partial charge < -0.3 is 15.0 Å². The molecule has 5 nitrogen and oxygen atoms in total. The summed E-state index contributed by atoms with van der Waals surface area (Å²) in [6.07, 6.45) is 1.58. The van der Waals surface area contributed by atoms with Gasteiger partial charge in [-0.2, -0.15) is 0 Å². The number of fused-ring (bicyclic) bond motifs is 1. The minimum Gasteiger partial charge on any atom is -0.385 e. The van der Waals surface area contributed by atoms with Crippen molar-refractivity contribution in [1.82, 2.24) is 10.2 Å². The highest BCUT2D eigenvalue weighted by Crippen LogP contribution is 2.25. The molecule has 0 atom stereocenters. The van der Waals surface area contributed by atoms with Crippen LogP contribution in [0.2, 0.25) is 0 Å². The molecule has 0 fully saturated rings. The SMILES string of the molecule is COCCCNC(=O)C(C)(C)C(=O)N1CCc2ccccc2C1. The summed E-state index contributed by atoms with van der Waals surface area (Å²) in [5, 5.41) is 2.83. The number of ether oxygens (including phenoxy) is 1. The van der Waals surface area contributed by atoms with E-state index in [0.717, 1.165) is 12.8 Å². The van der Waals surface area contributed by atoms with Crippen molar-refractivity contribution in [3.05, 3.63) is 35.4 Å². The van der Waals surface area contributed by atoms with Gasteiger partial charge in [0.15, 0.2) is 0 Å². The van der Waals surface area contributed by atoms with Crippen LogP contribution < -0.4 is 5.32 Å². The summed E-state index contributed by atoms with van der Waals surface area (Å²) in [6, 6.07) is 8.16. The lowest BCUT2D eigenvalue weighted by Gasteiger charge is -2.34. The predicted molar refractivity (Wildman–Crippen MR) is 88.8 cm³/mol. The van der Waals surface area contributed by atoms with E-state index in [4.69, 9.17) is 4.74 Å². The van der Waals surface area contributed by atoms with Crippen LogP contribution >= 0.6 is 0 Å². The fourth-order valence-electron chi connectivity index (χ4n) is 2.80. The standard InChI is InChI=1S/C18H26N2O3/c1-18(2,16(21)19-10-6-12-23-3)17(22)20-11-9-14-7-4-5-8-15(14)13-20/h4-5,7-8H,6,9-13H2,1-3H3,(H,19,21). The van der Waals surface area contributed by atoms with Gasteiger partial charge in [-0.15, -0.1) is 0 Å². The molecule has 1 aliphatic rings. The molecule has 0 saturated heterocycles. The topological polar surface area (TPSA) is 58.6 Å². The van der Waals surface area contributed by atoms with Crippen molar-refractivity contribution >= 4 is 11.8 Å². The first-order valence-electron chi connectivity index (χ1n) is 8.10. The van der Waals surface area contributed by atoms with Gasteiger partial charge in [-0.25, -0.2) is 0 Å². The lowest BCUT2D eigenvalue weighted by atomic mass is 9.88. The molecule has 126 valence electrons. The molecule has 0 spiro atoms. The Labute approximate surface area is 138 Å². The fraction of sp³-hybridized carbons (Fsp3) is 0.556. The molecule has 1 aliphatic heterocycles. The van der Waals surface area contributed by atoms with Crippen molar-refractivity contribution in [2.24, 2.45) is 5.41 Å². The van der Waals surface area contributed by atoms with Gasteiger partial charge in [-0.3, -0.25) is 9.59 Å². The highest BCUT2D eigenvalue weighted by atomic mass is 16.5. The molecule has 0 radical (unpaired) electrons. The van der Waals surface area contributed by atoms with Crippen LogP contribution in [0.3, 0.4) is 0 Å². The number of carbonyl (C=O) groups excluding carboxylic acids is 2. The Balaban J connectivity index is 1.97. The zero-order chi connectivity index (χ0) is 16.9. The molecule has 1 aromatic carbocycles. The second-order valence-electron chi connectivity index (χ2n) is 6.47. The van der Waals surface area contributed by atoms with Crippen LogP contribution in [0.15, 0.2) is 24.3 Å². The Bertz CT molecular complexity index is 569. The van der Waals surface area contributed by atoms with Crippen molar-refractivity contribution in [2.75, 3.05) is 26.8 Å². The maximum absolute atomic E-state index is 12.8. The first-order valence-corrected chi connectivity index (χ1v) is 8.10. The van der Waals surface area contributed by atoms with Crippen molar-refractivity contribution in [3.63, 3.8) is 0 Å². The molecule has 2 rings (SSSR count). The zero-order valence-electron chi connectivity index (χ0n) is 14.2. The van der Waals surface area contributed by atoms with Gasteiger partial charge in [0.05, 0.1) is 0 Å². The molecule has 2 amide bonds. The maximum atomic E-state index is 12.8. The largest absolute Gasteiger partial charge is 0.385 e. The molecule has 0 unspecified atom stereocenters. The summed E-state index contributed by atoms with van der Waals surface area (Å²) >= 11 is 0. The van der Waals surface area contributed by atoms with Gasteiger partial charge in [-0.1, -0.05) is 24.3 Å². The molecule has 0 aromatic heterocycles. The quantitative estimate of drug-likeness (QED) is 0.642. The van der Waals surface area contributed by atoms with Crippen molar-refractivity contribution in [1.29, 1.82) is 0 Å². The summed E-state index contributed by atoms with van der Waals surface area (Å²) < 4.78 is 4.96. The van der Waals surface area contributed by atoms with Crippen LogP contribution in [0.25, 0.3) is 0 Å². The minimum absolute atomic E-state index is 0.115. The lowest BCUT2D eigenvalue weighted by Crippen LogP contribution is -2.50. The lowest BCUT2D eigenvalue weighted by molar-refractivity contribution is -0.149. The second kappa shape index (κ2) is 7.59. The molecule has 5 heteroatoms. The molecule has 0 saturated carbocycles. The van der Waals surface area contributed by atoms with Gasteiger partial charge in [0.25, 0.3) is 0 Å². The third kappa shape index (κ3) is 4.10. The number of carbonyl (C=O) groups is 2.